The molecule has 1 fully saturated rings. The Labute approximate surface area is 234 Å². The number of nitrogens with zero attached hydrogens (tertiary/aromatic N) is 4. The molecule has 1 aliphatic rings. The van der Waals surface area contributed by atoms with E-state index in [4.69, 9.17) is 14.5 Å². The molecule has 0 atom stereocenters. The van der Waals surface area contributed by atoms with Crippen LogP contribution in [0.3, 0.4) is 0 Å². The lowest BCUT2D eigenvalue weighted by Gasteiger charge is -2.33. The minimum absolute atomic E-state index is 0.0555. The lowest BCUT2D eigenvalue weighted by molar-refractivity contribution is -0.123. The number of thiazole rings is 1. The minimum atomic E-state index is -4.05. The molecule has 9 nitrogen and oxygen atoms in total. The van der Waals surface area contributed by atoms with E-state index in [1.54, 1.807) is 49.7 Å². The van der Waals surface area contributed by atoms with Crippen LogP contribution in [0.4, 0.5) is 13.9 Å². The van der Waals surface area contributed by atoms with Crippen LogP contribution < -0.4 is 14.4 Å². The number of sulfonamides is 1. The Hall–Kier alpha value is -3.68. The summed E-state index contributed by atoms with van der Waals surface area (Å²) >= 11 is 1.30. The van der Waals surface area contributed by atoms with Gasteiger partial charge in [0.05, 0.1) is 25.7 Å². The number of carbonyl (C=O) groups excluding carboxylic acids is 1. The Morgan fingerprint density at radius 3 is 2.45 bits per heavy atom. The topological polar surface area (TPSA) is 102 Å². The number of carbonyl (C=O) groups is 1. The first kappa shape index (κ1) is 27.9. The van der Waals surface area contributed by atoms with E-state index in [9.17, 15) is 22.0 Å². The van der Waals surface area contributed by atoms with Gasteiger partial charge in [-0.3, -0.25) is 14.7 Å². The van der Waals surface area contributed by atoms with Crippen LogP contribution in [0.1, 0.15) is 18.4 Å². The van der Waals surface area contributed by atoms with Crippen LogP contribution in [-0.2, 0) is 21.4 Å². The van der Waals surface area contributed by atoms with Gasteiger partial charge in [-0.2, -0.15) is 4.31 Å². The van der Waals surface area contributed by atoms with E-state index in [-0.39, 0.29) is 43.3 Å². The molecule has 0 N–H and O–H groups in total. The van der Waals surface area contributed by atoms with Crippen molar-refractivity contribution >= 4 is 42.6 Å². The first-order valence-electron chi connectivity index (χ1n) is 12.4. The van der Waals surface area contributed by atoms with Gasteiger partial charge in [-0.1, -0.05) is 17.4 Å². The second kappa shape index (κ2) is 11.4. The lowest BCUT2D eigenvalue weighted by Crippen LogP contribution is -2.44. The van der Waals surface area contributed by atoms with Gasteiger partial charge in [0, 0.05) is 31.4 Å². The highest BCUT2D eigenvalue weighted by Gasteiger charge is 2.35. The standard InChI is InChI=1S/C27H26F2N4O5S2/c1-37-22-7-8-23(38-2)25-24(22)31-27(39-25)33(16-17-4-3-11-30-15-17)26(34)18-9-12-32(13-10-18)40(35,36)19-5-6-20(28)21(29)14-19/h3-8,11,14-15,18H,9-10,12-13,16H2,1-2H3. The van der Waals surface area contributed by atoms with E-state index in [0.717, 1.165) is 22.4 Å². The molecule has 13 heteroatoms. The number of hydrogen-bond donors (Lipinski definition) is 0. The molecule has 2 aromatic carbocycles. The SMILES string of the molecule is COc1ccc(OC)c2sc(N(Cc3cccnc3)C(=O)C3CCN(S(=O)(=O)c4ccc(F)c(F)c4)CC3)nc12. The summed E-state index contributed by atoms with van der Waals surface area (Å²) < 4.78 is 66.1. The number of pyridine rings is 1. The van der Waals surface area contributed by atoms with Crippen LogP contribution in [0.15, 0.2) is 59.8 Å². The zero-order valence-electron chi connectivity index (χ0n) is 21.7. The fourth-order valence-electron chi connectivity index (χ4n) is 4.65. The molecule has 1 saturated heterocycles. The molecule has 0 saturated carbocycles. The van der Waals surface area contributed by atoms with Crippen molar-refractivity contribution in [2.45, 2.75) is 24.3 Å². The molecule has 0 spiro atoms. The maximum atomic E-state index is 13.9. The Bertz CT molecular complexity index is 1600. The Morgan fingerprint density at radius 1 is 1.07 bits per heavy atom. The molecule has 0 aliphatic carbocycles. The first-order valence-corrected chi connectivity index (χ1v) is 14.7. The molecule has 0 bridgehead atoms. The molecule has 4 aromatic rings. The minimum Gasteiger partial charge on any atom is -0.495 e. The van der Waals surface area contributed by atoms with Crippen molar-refractivity contribution < 1.29 is 31.5 Å². The summed E-state index contributed by atoms with van der Waals surface area (Å²) in [6, 6.07) is 9.67. The maximum Gasteiger partial charge on any atom is 0.243 e. The quantitative estimate of drug-likeness (QED) is 0.296. The van der Waals surface area contributed by atoms with Gasteiger partial charge in [0.15, 0.2) is 16.8 Å². The maximum absolute atomic E-state index is 13.9. The van der Waals surface area contributed by atoms with Crippen molar-refractivity contribution in [2.24, 2.45) is 5.92 Å². The van der Waals surface area contributed by atoms with Crippen molar-refractivity contribution in [1.82, 2.24) is 14.3 Å². The van der Waals surface area contributed by atoms with E-state index in [2.05, 4.69) is 4.98 Å². The van der Waals surface area contributed by atoms with Gasteiger partial charge in [-0.25, -0.2) is 22.2 Å². The number of amides is 1. The van der Waals surface area contributed by atoms with Crippen LogP contribution >= 0.6 is 11.3 Å². The van der Waals surface area contributed by atoms with E-state index in [0.29, 0.717) is 28.2 Å². The highest BCUT2D eigenvalue weighted by molar-refractivity contribution is 7.89. The normalized spacial score (nSPS) is 14.8. The Kier molecular flexibility index (Phi) is 7.97. The van der Waals surface area contributed by atoms with Crippen molar-refractivity contribution in [1.29, 1.82) is 0 Å². The van der Waals surface area contributed by atoms with Gasteiger partial charge in [-0.15, -0.1) is 0 Å². The number of anilines is 1. The van der Waals surface area contributed by atoms with Gasteiger partial charge in [0.2, 0.25) is 15.9 Å². The second-order valence-corrected chi connectivity index (χ2v) is 12.1. The van der Waals surface area contributed by atoms with Crippen LogP contribution in [0.25, 0.3) is 10.2 Å². The predicted molar refractivity (Wildman–Crippen MR) is 146 cm³/mol. The summed E-state index contributed by atoms with van der Waals surface area (Å²) in [6.45, 7) is 0.324. The number of methoxy groups -OCH3 is 2. The molecule has 3 heterocycles. The van der Waals surface area contributed by atoms with Crippen LogP contribution in [0, 0.1) is 17.6 Å². The fourth-order valence-corrected chi connectivity index (χ4v) is 7.21. The molecule has 0 unspecified atom stereocenters. The van der Waals surface area contributed by atoms with Crippen LogP contribution in [0.5, 0.6) is 11.5 Å². The second-order valence-electron chi connectivity index (χ2n) is 9.18. The van der Waals surface area contributed by atoms with Crippen LogP contribution in [-0.4, -0.2) is 55.9 Å². The summed E-state index contributed by atoms with van der Waals surface area (Å²) in [6.07, 6.45) is 3.82. The number of benzene rings is 2. The van der Waals surface area contributed by atoms with Gasteiger partial charge in [-0.05, 0) is 54.8 Å². The van der Waals surface area contributed by atoms with Crippen molar-refractivity contribution in [2.75, 3.05) is 32.2 Å². The summed E-state index contributed by atoms with van der Waals surface area (Å²) in [7, 11) is -0.949. The van der Waals surface area contributed by atoms with Crippen molar-refractivity contribution in [3.05, 3.63) is 72.1 Å². The molecule has 40 heavy (non-hydrogen) atoms. The first-order chi connectivity index (χ1) is 19.2. The van der Waals surface area contributed by atoms with E-state index >= 15 is 0 Å². The number of rotatable bonds is 8. The molecule has 1 aliphatic heterocycles. The molecule has 1 amide bonds. The average Bonchev–Trinajstić information content (AvgIpc) is 3.42. The van der Waals surface area contributed by atoms with Crippen molar-refractivity contribution in [3.8, 4) is 11.5 Å². The monoisotopic (exact) mass is 588 g/mol. The molecular formula is C27H26F2N4O5S2. The number of piperidine rings is 1. The molecule has 5 rings (SSSR count). The number of aromatic nitrogens is 2. The molecular weight excluding hydrogens is 562 g/mol. The number of fused-ring (bicyclic) bond motifs is 1. The highest BCUT2D eigenvalue weighted by Crippen LogP contribution is 2.41. The third-order valence-corrected chi connectivity index (χ3v) is 9.78. The van der Waals surface area contributed by atoms with Crippen LogP contribution in [0.2, 0.25) is 0 Å². The summed E-state index contributed by atoms with van der Waals surface area (Å²) in [5.41, 5.74) is 1.37. The fraction of sp³-hybridized carbons (Fsp3) is 0.296. The number of halogens is 2. The lowest BCUT2D eigenvalue weighted by atomic mass is 9.96. The molecule has 2 aromatic heterocycles. The molecule has 210 valence electrons. The van der Waals surface area contributed by atoms with E-state index in [1.807, 2.05) is 6.07 Å². The average molecular weight is 589 g/mol. The largest absolute Gasteiger partial charge is 0.495 e. The smallest absolute Gasteiger partial charge is 0.243 e. The summed E-state index contributed by atoms with van der Waals surface area (Å²) in [5.74, 6) is -1.90. The summed E-state index contributed by atoms with van der Waals surface area (Å²) in [5, 5.41) is 0.448. The molecule has 0 radical (unpaired) electrons. The third kappa shape index (κ3) is 5.36. The number of hydrogen-bond acceptors (Lipinski definition) is 8. The Balaban J connectivity index is 1.42. The van der Waals surface area contributed by atoms with Gasteiger partial charge in [0.25, 0.3) is 0 Å². The summed E-state index contributed by atoms with van der Waals surface area (Å²) in [4.78, 5) is 24.1. The van der Waals surface area contributed by atoms with Gasteiger partial charge in [0.1, 0.15) is 21.7 Å². The van der Waals surface area contributed by atoms with Gasteiger partial charge < -0.3 is 9.47 Å². The van der Waals surface area contributed by atoms with Gasteiger partial charge >= 0.3 is 0 Å². The van der Waals surface area contributed by atoms with E-state index < -0.39 is 27.6 Å². The van der Waals surface area contributed by atoms with E-state index in [1.165, 1.54) is 15.6 Å². The predicted octanol–water partition coefficient (Wildman–Crippen LogP) is 4.62. The zero-order valence-corrected chi connectivity index (χ0v) is 23.3. The number of ether oxygens (including phenoxy) is 2. The third-order valence-electron chi connectivity index (χ3n) is 6.79. The highest BCUT2D eigenvalue weighted by atomic mass is 32.2. The van der Waals surface area contributed by atoms with Crippen molar-refractivity contribution in [3.63, 3.8) is 0 Å². The Morgan fingerprint density at radius 2 is 1.80 bits per heavy atom. The zero-order chi connectivity index (χ0) is 28.4.